The molecule has 10 nitrogen and oxygen atoms in total. The van der Waals surface area contributed by atoms with E-state index in [2.05, 4.69) is 9.69 Å². The number of nitrogens with zero attached hydrogens (tertiary/aromatic N) is 2. The van der Waals surface area contributed by atoms with E-state index in [4.69, 9.17) is 20.9 Å². The highest BCUT2D eigenvalue weighted by Gasteiger charge is 2.36. The van der Waals surface area contributed by atoms with Gasteiger partial charge in [0.1, 0.15) is 22.5 Å². The standard InChI is InChI=1S/C23H24FN5O5S/c1-33-12-11-27-22(31)19(13-3-5-14(24)6-4-13)29(15-7-9-16(34-2)10-8-15)23(32)20-17(25)18(21(26)30)28-35-20/h3-10,19H,11-12,25H2,1-2H3,(H2,26,30)(H,27,31). The van der Waals surface area contributed by atoms with Gasteiger partial charge in [-0.25, -0.2) is 4.39 Å². The van der Waals surface area contributed by atoms with Gasteiger partial charge >= 0.3 is 0 Å². The number of halogens is 1. The summed E-state index contributed by atoms with van der Waals surface area (Å²) >= 11 is 0.688. The van der Waals surface area contributed by atoms with Gasteiger partial charge in [0.15, 0.2) is 5.69 Å². The lowest BCUT2D eigenvalue weighted by Crippen LogP contribution is -2.44. The lowest BCUT2D eigenvalue weighted by Gasteiger charge is -2.31. The number of amides is 3. The molecule has 1 unspecified atom stereocenters. The number of aromatic nitrogens is 1. The van der Waals surface area contributed by atoms with Crippen molar-refractivity contribution in [3.63, 3.8) is 0 Å². The zero-order chi connectivity index (χ0) is 25.5. The van der Waals surface area contributed by atoms with E-state index in [1.807, 2.05) is 0 Å². The zero-order valence-electron chi connectivity index (χ0n) is 19.0. The number of nitrogens with two attached hydrogens (primary N) is 2. The fraction of sp³-hybridized carbons (Fsp3) is 0.217. The Morgan fingerprint density at radius 1 is 1.11 bits per heavy atom. The molecule has 0 aliphatic rings. The highest BCUT2D eigenvalue weighted by molar-refractivity contribution is 7.09. The molecule has 0 aliphatic carbocycles. The second-order valence-corrected chi connectivity index (χ2v) is 8.02. The van der Waals surface area contributed by atoms with E-state index in [-0.39, 0.29) is 29.4 Å². The van der Waals surface area contributed by atoms with Crippen LogP contribution in [0.2, 0.25) is 0 Å². The van der Waals surface area contributed by atoms with Gasteiger partial charge in [-0.1, -0.05) is 12.1 Å². The monoisotopic (exact) mass is 501 g/mol. The van der Waals surface area contributed by atoms with Crippen LogP contribution in [0.25, 0.3) is 0 Å². The first kappa shape index (κ1) is 25.6. The number of nitrogens with one attached hydrogen (secondary N) is 1. The first-order valence-corrected chi connectivity index (χ1v) is 11.1. The molecule has 2 aromatic carbocycles. The van der Waals surface area contributed by atoms with E-state index < -0.39 is 29.6 Å². The van der Waals surface area contributed by atoms with Crippen molar-refractivity contribution in [1.29, 1.82) is 0 Å². The molecule has 3 rings (SSSR count). The average molecular weight is 502 g/mol. The summed E-state index contributed by atoms with van der Waals surface area (Å²) in [5, 5.41) is 2.72. The second kappa shape index (κ2) is 11.4. The summed E-state index contributed by atoms with van der Waals surface area (Å²) in [6.45, 7) is 0.411. The van der Waals surface area contributed by atoms with Crippen LogP contribution < -0.4 is 26.4 Å². The number of rotatable bonds is 10. The number of nitrogen functional groups attached to an aromatic ring is 1. The fourth-order valence-corrected chi connectivity index (χ4v) is 4.04. The maximum absolute atomic E-state index is 13.8. The largest absolute Gasteiger partial charge is 0.497 e. The third-order valence-corrected chi connectivity index (χ3v) is 5.87. The minimum atomic E-state index is -1.23. The minimum Gasteiger partial charge on any atom is -0.497 e. The number of hydrogen-bond acceptors (Lipinski definition) is 8. The van der Waals surface area contributed by atoms with Gasteiger partial charge in [-0.05, 0) is 53.5 Å². The van der Waals surface area contributed by atoms with Gasteiger partial charge in [-0.2, -0.15) is 4.37 Å². The number of carbonyl (C=O) groups is 3. The lowest BCUT2D eigenvalue weighted by molar-refractivity contribution is -0.122. The summed E-state index contributed by atoms with van der Waals surface area (Å²) < 4.78 is 27.8. The molecule has 0 aliphatic heterocycles. The SMILES string of the molecule is COCCNC(=O)C(c1ccc(F)cc1)N(C(=O)c1snc(C(N)=O)c1N)c1ccc(OC)cc1. The van der Waals surface area contributed by atoms with Crippen LogP contribution in [0.4, 0.5) is 15.8 Å². The van der Waals surface area contributed by atoms with Crippen LogP contribution in [0.15, 0.2) is 48.5 Å². The lowest BCUT2D eigenvalue weighted by atomic mass is 10.0. The summed E-state index contributed by atoms with van der Waals surface area (Å²) in [7, 11) is 2.98. The molecule has 12 heteroatoms. The maximum atomic E-state index is 13.8. The van der Waals surface area contributed by atoms with Crippen molar-refractivity contribution in [2.45, 2.75) is 6.04 Å². The first-order valence-electron chi connectivity index (χ1n) is 10.3. The highest BCUT2D eigenvalue weighted by Crippen LogP contribution is 2.34. The molecule has 0 saturated carbocycles. The van der Waals surface area contributed by atoms with Gasteiger partial charge in [-0.15, -0.1) is 0 Å². The Bertz CT molecular complexity index is 1200. The Hall–Kier alpha value is -4.03. The predicted molar refractivity (Wildman–Crippen MR) is 129 cm³/mol. The van der Waals surface area contributed by atoms with Crippen LogP contribution in [0.1, 0.15) is 31.8 Å². The minimum absolute atomic E-state index is 0.0774. The average Bonchev–Trinajstić information content (AvgIpc) is 3.24. The van der Waals surface area contributed by atoms with Gasteiger partial charge in [0.2, 0.25) is 5.91 Å². The second-order valence-electron chi connectivity index (χ2n) is 7.25. The first-order chi connectivity index (χ1) is 16.8. The summed E-state index contributed by atoms with van der Waals surface area (Å²) in [4.78, 5) is 40.0. The normalized spacial score (nSPS) is 11.5. The Morgan fingerprint density at radius 3 is 2.31 bits per heavy atom. The molecule has 1 atom stereocenters. The van der Waals surface area contributed by atoms with E-state index in [1.54, 1.807) is 24.3 Å². The Kier molecular flexibility index (Phi) is 8.34. The summed E-state index contributed by atoms with van der Waals surface area (Å²) in [5.74, 6) is -2.11. The van der Waals surface area contributed by atoms with Crippen LogP contribution in [0.5, 0.6) is 5.75 Å². The van der Waals surface area contributed by atoms with Crippen LogP contribution in [0, 0.1) is 5.82 Å². The molecule has 1 heterocycles. The molecular weight excluding hydrogens is 477 g/mol. The van der Waals surface area contributed by atoms with E-state index >= 15 is 0 Å². The molecule has 0 radical (unpaired) electrons. The van der Waals surface area contributed by atoms with Gasteiger partial charge in [0.25, 0.3) is 11.8 Å². The quantitative estimate of drug-likeness (QED) is 0.360. The smallest absolute Gasteiger partial charge is 0.273 e. The number of carbonyl (C=O) groups excluding carboxylic acids is 3. The molecule has 3 aromatic rings. The van der Waals surface area contributed by atoms with Crippen LogP contribution >= 0.6 is 11.5 Å². The molecule has 35 heavy (non-hydrogen) atoms. The summed E-state index contributed by atoms with van der Waals surface area (Å²) in [6.07, 6.45) is 0. The molecule has 3 amide bonds. The Morgan fingerprint density at radius 2 is 1.77 bits per heavy atom. The van der Waals surface area contributed by atoms with Crippen molar-refractivity contribution in [1.82, 2.24) is 9.69 Å². The molecule has 1 aromatic heterocycles. The van der Waals surface area contributed by atoms with Gasteiger partial charge < -0.3 is 26.3 Å². The molecule has 0 bridgehead atoms. The summed E-state index contributed by atoms with van der Waals surface area (Å²) in [5.41, 5.74) is 11.5. The van der Waals surface area contributed by atoms with Crippen LogP contribution in [-0.4, -0.2) is 49.5 Å². The molecule has 0 spiro atoms. The number of primary amides is 1. The van der Waals surface area contributed by atoms with Crippen molar-refractivity contribution in [3.05, 3.63) is 70.5 Å². The molecule has 5 N–H and O–H groups in total. The number of benzene rings is 2. The topological polar surface area (TPSA) is 150 Å². The fourth-order valence-electron chi connectivity index (χ4n) is 3.30. The van der Waals surface area contributed by atoms with E-state index in [0.717, 1.165) is 0 Å². The number of anilines is 2. The van der Waals surface area contributed by atoms with Gasteiger partial charge in [0, 0.05) is 19.3 Å². The number of methoxy groups -OCH3 is 2. The van der Waals surface area contributed by atoms with Gasteiger partial charge in [0.05, 0.1) is 19.4 Å². The zero-order valence-corrected chi connectivity index (χ0v) is 19.8. The highest BCUT2D eigenvalue weighted by atomic mass is 32.1. The molecular formula is C23H24FN5O5S. The van der Waals surface area contributed by atoms with Crippen LogP contribution in [0.3, 0.4) is 0 Å². The Balaban J connectivity index is 2.17. The van der Waals surface area contributed by atoms with E-state index in [9.17, 15) is 18.8 Å². The number of hydrogen-bond donors (Lipinski definition) is 3. The van der Waals surface area contributed by atoms with Gasteiger partial charge in [-0.3, -0.25) is 19.3 Å². The summed E-state index contributed by atoms with van der Waals surface area (Å²) in [6, 6.07) is 10.4. The molecule has 184 valence electrons. The van der Waals surface area contributed by atoms with E-state index in [0.29, 0.717) is 28.5 Å². The van der Waals surface area contributed by atoms with Crippen molar-refractivity contribution < 1.29 is 28.2 Å². The van der Waals surface area contributed by atoms with Crippen molar-refractivity contribution in [3.8, 4) is 5.75 Å². The van der Waals surface area contributed by atoms with E-state index in [1.165, 1.54) is 43.4 Å². The van der Waals surface area contributed by atoms with Crippen molar-refractivity contribution >= 4 is 40.6 Å². The third kappa shape index (κ3) is 5.73. The molecule has 0 saturated heterocycles. The Labute approximate surface area is 204 Å². The third-order valence-electron chi connectivity index (χ3n) is 5.02. The van der Waals surface area contributed by atoms with Crippen LogP contribution in [-0.2, 0) is 9.53 Å². The van der Waals surface area contributed by atoms with Crippen molar-refractivity contribution in [2.24, 2.45) is 5.73 Å². The molecule has 0 fully saturated rings. The predicted octanol–water partition coefficient (Wildman–Crippen LogP) is 2.12. The number of ether oxygens (including phenoxy) is 2. The maximum Gasteiger partial charge on any atom is 0.273 e. The van der Waals surface area contributed by atoms with Crippen molar-refractivity contribution in [2.75, 3.05) is 38.0 Å².